The molecule has 0 fully saturated rings. The molecule has 0 aromatic heterocycles. The zero-order chi connectivity index (χ0) is 4.12. The van der Waals surface area contributed by atoms with Gasteiger partial charge in [-0.3, -0.25) is 0 Å². The largest absolute Gasteiger partial charge is 0.343 e. The number of unbranched alkanes of at least 4 members (excludes halogenated alkanes) is 2. The van der Waals surface area contributed by atoms with Crippen molar-refractivity contribution in [2.75, 3.05) is 0 Å². The summed E-state index contributed by atoms with van der Waals surface area (Å²) in [6.07, 6.45) is 3.65. The fraction of sp³-hybridized carbons (Fsp3) is 0.800. The first-order valence-corrected chi connectivity index (χ1v) is 2.21. The maximum Gasteiger partial charge on any atom is 0 e. The molecule has 0 spiro atoms. The second kappa shape index (κ2) is 15.8. The van der Waals surface area contributed by atoms with Crippen molar-refractivity contribution in [3.63, 3.8) is 0 Å². The minimum Gasteiger partial charge on any atom is -0.343 e. The number of hydrogen-bond acceptors (Lipinski definition) is 0. The molecule has 0 heterocycles. The van der Waals surface area contributed by atoms with Crippen LogP contribution in [-0.4, -0.2) is 0 Å². The predicted octanol–water partition coefficient (Wildman–Crippen LogP) is 2.07. The molecule has 0 aliphatic heterocycles. The van der Waals surface area contributed by atoms with Gasteiger partial charge in [-0.15, -0.1) is 0 Å². The minimum absolute atomic E-state index is 0. The maximum atomic E-state index is 3.68. The zero-order valence-corrected chi connectivity index (χ0v) is 7.25. The van der Waals surface area contributed by atoms with Crippen molar-refractivity contribution in [1.82, 2.24) is 0 Å². The third-order valence-electron chi connectivity index (χ3n) is 0.604. The Hall–Kier alpha value is 0.924. The fourth-order valence-electron chi connectivity index (χ4n) is 0.250. The summed E-state index contributed by atoms with van der Waals surface area (Å²) in [6, 6.07) is 0. The van der Waals surface area contributed by atoms with Gasteiger partial charge in [-0.25, -0.2) is 0 Å². The summed E-state index contributed by atoms with van der Waals surface area (Å²) in [4.78, 5) is 0. The molecule has 0 aromatic carbocycles. The Bertz CT molecular complexity index is 15.6. The monoisotopic (exact) mass is 163 g/mol. The van der Waals surface area contributed by atoms with Crippen molar-refractivity contribution in [2.45, 2.75) is 26.2 Å². The van der Waals surface area contributed by atoms with E-state index >= 15 is 0 Å². The molecule has 0 N–H and O–H groups in total. The van der Waals surface area contributed by atoms with Gasteiger partial charge in [-0.1, -0.05) is 19.8 Å². The Labute approximate surface area is 60.0 Å². The van der Waals surface area contributed by atoms with Crippen LogP contribution in [-0.2, 0) is 16.5 Å². The summed E-state index contributed by atoms with van der Waals surface area (Å²) < 4.78 is 0. The van der Waals surface area contributed by atoms with Gasteiger partial charge in [-0.2, -0.15) is 16.3 Å². The first-order chi connectivity index (χ1) is 2.41. The summed E-state index contributed by atoms with van der Waals surface area (Å²) in [5, 5.41) is 0. The summed E-state index contributed by atoms with van der Waals surface area (Å²) in [6.45, 7) is 5.85. The summed E-state index contributed by atoms with van der Waals surface area (Å²) in [5.74, 6) is 0. The molecule has 0 rings (SSSR count). The Balaban J connectivity index is -0.0000000800. The van der Waals surface area contributed by atoms with Crippen LogP contribution in [0, 0.1) is 6.92 Å². The van der Waals surface area contributed by atoms with E-state index in [0.717, 1.165) is 6.42 Å². The van der Waals surface area contributed by atoms with Crippen LogP contribution in [0.1, 0.15) is 26.2 Å². The van der Waals surface area contributed by atoms with Gasteiger partial charge < -0.3 is 6.92 Å². The molecule has 1 atom stereocenters. The molecule has 50 valence electrons. The second-order valence-electron chi connectivity index (χ2n) is 1.21. The first-order valence-electron chi connectivity index (χ1n) is 2.21. The molecule has 0 radical (unpaired) electrons. The van der Waals surface area contributed by atoms with Crippen LogP contribution in [0.4, 0.5) is 0 Å². The average Bonchev–Trinajstić information content (AvgIpc) is 1.41. The number of rotatable bonds is 2. The van der Waals surface area contributed by atoms with Crippen molar-refractivity contribution in [3.05, 3.63) is 6.92 Å². The molecule has 0 aliphatic rings. The number of hydrogen-bond donors (Lipinski definition) is 0. The van der Waals surface area contributed by atoms with E-state index in [4.69, 9.17) is 0 Å². The van der Waals surface area contributed by atoms with Crippen LogP contribution in [0.15, 0.2) is 0 Å². The molecule has 1 unspecified atom stereocenters. The second-order valence-corrected chi connectivity index (χ2v) is 1.21. The van der Waals surface area contributed by atoms with Gasteiger partial charge >= 0.3 is 0 Å². The SMILES string of the molecule is P.[CH2-]CCCC.[Ni]. The Morgan fingerprint density at radius 3 is 1.86 bits per heavy atom. The van der Waals surface area contributed by atoms with Crippen molar-refractivity contribution in [1.29, 1.82) is 0 Å². The molecule has 0 aromatic rings. The van der Waals surface area contributed by atoms with E-state index in [1.165, 1.54) is 12.8 Å². The molecule has 0 nitrogen and oxygen atoms in total. The van der Waals surface area contributed by atoms with Gasteiger partial charge in [0.2, 0.25) is 0 Å². The van der Waals surface area contributed by atoms with Crippen molar-refractivity contribution in [3.8, 4) is 0 Å². The van der Waals surface area contributed by atoms with Gasteiger partial charge in [0.15, 0.2) is 0 Å². The van der Waals surface area contributed by atoms with E-state index in [1.54, 1.807) is 0 Å². The van der Waals surface area contributed by atoms with Gasteiger partial charge in [0.05, 0.1) is 0 Å². The standard InChI is InChI=1S/C5H11.Ni.H3P/c1-3-5-4-2;;/h1,3-5H2,2H3;;1H3/q-1;;. The minimum atomic E-state index is 0. The van der Waals surface area contributed by atoms with E-state index < -0.39 is 0 Å². The van der Waals surface area contributed by atoms with Crippen LogP contribution < -0.4 is 0 Å². The molecule has 2 heteroatoms. The van der Waals surface area contributed by atoms with Gasteiger partial charge in [0.1, 0.15) is 0 Å². The Morgan fingerprint density at radius 1 is 1.43 bits per heavy atom. The van der Waals surface area contributed by atoms with Crippen LogP contribution in [0.3, 0.4) is 0 Å². The van der Waals surface area contributed by atoms with E-state index in [-0.39, 0.29) is 26.4 Å². The van der Waals surface area contributed by atoms with Gasteiger partial charge in [-0.05, 0) is 0 Å². The molecule has 0 amide bonds. The Morgan fingerprint density at radius 2 is 1.86 bits per heavy atom. The summed E-state index contributed by atoms with van der Waals surface area (Å²) in [5.41, 5.74) is 0. The first kappa shape index (κ1) is 15.7. The quantitative estimate of drug-likeness (QED) is 0.332. The van der Waals surface area contributed by atoms with Crippen molar-refractivity contribution in [2.24, 2.45) is 0 Å². The van der Waals surface area contributed by atoms with Gasteiger partial charge in [0, 0.05) is 16.5 Å². The van der Waals surface area contributed by atoms with Crippen molar-refractivity contribution >= 4 is 9.90 Å². The average molecular weight is 164 g/mol. The predicted molar refractivity (Wildman–Crippen MR) is 36.0 cm³/mol. The molecule has 0 saturated heterocycles. The molecule has 0 saturated carbocycles. The van der Waals surface area contributed by atoms with Crippen LogP contribution in [0.2, 0.25) is 0 Å². The third kappa shape index (κ3) is 19.6. The summed E-state index contributed by atoms with van der Waals surface area (Å²) in [7, 11) is 0. The Kier molecular flexibility index (Phi) is 35.3. The fourth-order valence-corrected chi connectivity index (χ4v) is 0.250. The topological polar surface area (TPSA) is 0 Å². The molecular formula is C5H14NiP-. The molecular weight excluding hydrogens is 150 g/mol. The molecule has 0 aliphatic carbocycles. The third-order valence-corrected chi connectivity index (χ3v) is 0.604. The van der Waals surface area contributed by atoms with E-state index in [0.29, 0.717) is 0 Å². The smallest absolute Gasteiger partial charge is 0 e. The van der Waals surface area contributed by atoms with E-state index in [2.05, 4.69) is 13.8 Å². The van der Waals surface area contributed by atoms with E-state index in [9.17, 15) is 0 Å². The van der Waals surface area contributed by atoms with Gasteiger partial charge in [0.25, 0.3) is 0 Å². The molecule has 7 heavy (non-hydrogen) atoms. The van der Waals surface area contributed by atoms with Crippen LogP contribution >= 0.6 is 9.90 Å². The van der Waals surface area contributed by atoms with Crippen LogP contribution in [0.5, 0.6) is 0 Å². The molecule has 0 bridgehead atoms. The normalized spacial score (nSPS) is 6.00. The summed E-state index contributed by atoms with van der Waals surface area (Å²) >= 11 is 0. The van der Waals surface area contributed by atoms with Crippen molar-refractivity contribution < 1.29 is 16.5 Å². The van der Waals surface area contributed by atoms with Crippen LogP contribution in [0.25, 0.3) is 0 Å². The van der Waals surface area contributed by atoms with E-state index in [1.807, 2.05) is 0 Å². The zero-order valence-electron chi connectivity index (χ0n) is 4.85. The maximum absolute atomic E-state index is 3.68.